The second kappa shape index (κ2) is 5.79. The van der Waals surface area contributed by atoms with E-state index in [0.29, 0.717) is 0 Å². The summed E-state index contributed by atoms with van der Waals surface area (Å²) < 4.78 is 16.2. The standard InChI is InChI=1S/C17H14FN3O6/c18-9-3-7-14(13-12(9)19-10(4-11(22)23)16(25)20-13)21(6-1-2-6)5-8(15(7)24)17(26)27/h3,5-6,10,19H,1-2,4H2,(H,20,25)(H,22,23)(H,26,27). The highest BCUT2D eigenvalue weighted by Gasteiger charge is 2.34. The lowest BCUT2D eigenvalue weighted by molar-refractivity contribution is -0.138. The number of aromatic nitrogens is 1. The van der Waals surface area contributed by atoms with E-state index < -0.39 is 47.1 Å². The molecular formula is C17H14FN3O6. The van der Waals surface area contributed by atoms with Crippen molar-refractivity contribution in [1.82, 2.24) is 4.57 Å². The lowest BCUT2D eigenvalue weighted by Crippen LogP contribution is -2.41. The fourth-order valence-electron chi connectivity index (χ4n) is 3.31. The number of fused-ring (bicyclic) bond motifs is 3. The summed E-state index contributed by atoms with van der Waals surface area (Å²) in [6, 6.07) is -0.305. The summed E-state index contributed by atoms with van der Waals surface area (Å²) in [5, 5.41) is 23.1. The van der Waals surface area contributed by atoms with Crippen molar-refractivity contribution in [3.05, 3.63) is 33.9 Å². The molecule has 4 rings (SSSR count). The third-order valence-corrected chi connectivity index (χ3v) is 4.70. The predicted octanol–water partition coefficient (Wildman–Crippen LogP) is 1.38. The molecule has 9 nitrogen and oxygen atoms in total. The van der Waals surface area contributed by atoms with Gasteiger partial charge >= 0.3 is 11.9 Å². The summed E-state index contributed by atoms with van der Waals surface area (Å²) in [6.07, 6.45) is 2.17. The summed E-state index contributed by atoms with van der Waals surface area (Å²) in [5.41, 5.74) is -1.22. The van der Waals surface area contributed by atoms with Gasteiger partial charge in [-0.2, -0.15) is 0 Å². The number of hydrogen-bond acceptors (Lipinski definition) is 5. The highest BCUT2D eigenvalue weighted by atomic mass is 19.1. The number of nitrogens with zero attached hydrogens (tertiary/aromatic N) is 1. The molecule has 10 heteroatoms. The van der Waals surface area contributed by atoms with Crippen LogP contribution in [0.25, 0.3) is 10.9 Å². The van der Waals surface area contributed by atoms with E-state index in [0.717, 1.165) is 18.9 Å². The molecule has 0 saturated heterocycles. The Kier molecular flexibility index (Phi) is 3.65. The second-order valence-corrected chi connectivity index (χ2v) is 6.60. The quantitative estimate of drug-likeness (QED) is 0.633. The number of benzene rings is 1. The molecular weight excluding hydrogens is 361 g/mol. The van der Waals surface area contributed by atoms with Crippen molar-refractivity contribution in [2.75, 3.05) is 10.6 Å². The number of carboxylic acid groups (broad SMARTS) is 2. The molecule has 1 aliphatic carbocycles. The first-order valence-corrected chi connectivity index (χ1v) is 8.21. The topological polar surface area (TPSA) is 138 Å². The molecule has 2 heterocycles. The molecule has 0 spiro atoms. The lowest BCUT2D eigenvalue weighted by atomic mass is 10.0. The van der Waals surface area contributed by atoms with Gasteiger partial charge in [-0.25, -0.2) is 9.18 Å². The number of anilines is 2. The van der Waals surface area contributed by atoms with Gasteiger partial charge < -0.3 is 25.4 Å². The fourth-order valence-corrected chi connectivity index (χ4v) is 3.31. The van der Waals surface area contributed by atoms with Crippen LogP contribution in [0.4, 0.5) is 15.8 Å². The van der Waals surface area contributed by atoms with Gasteiger partial charge in [0, 0.05) is 12.2 Å². The van der Waals surface area contributed by atoms with Gasteiger partial charge in [0.25, 0.3) is 0 Å². The predicted molar refractivity (Wildman–Crippen MR) is 91.7 cm³/mol. The molecule has 1 amide bonds. The molecule has 1 saturated carbocycles. The van der Waals surface area contributed by atoms with E-state index in [4.69, 9.17) is 5.11 Å². The van der Waals surface area contributed by atoms with Crippen LogP contribution in [-0.4, -0.2) is 38.7 Å². The molecule has 2 aromatic rings. The molecule has 0 radical (unpaired) electrons. The lowest BCUT2D eigenvalue weighted by Gasteiger charge is -2.28. The van der Waals surface area contributed by atoms with Gasteiger partial charge in [-0.1, -0.05) is 0 Å². The maximum absolute atomic E-state index is 14.6. The van der Waals surface area contributed by atoms with Crippen molar-refractivity contribution in [2.24, 2.45) is 0 Å². The van der Waals surface area contributed by atoms with Gasteiger partial charge in [0.15, 0.2) is 0 Å². The first-order chi connectivity index (χ1) is 12.8. The van der Waals surface area contributed by atoms with Crippen LogP contribution in [0.3, 0.4) is 0 Å². The summed E-state index contributed by atoms with van der Waals surface area (Å²) in [6.45, 7) is 0. The number of hydrogen-bond donors (Lipinski definition) is 4. The third-order valence-electron chi connectivity index (χ3n) is 4.70. The van der Waals surface area contributed by atoms with E-state index >= 15 is 0 Å². The van der Waals surface area contributed by atoms with Crippen molar-refractivity contribution >= 4 is 40.1 Å². The van der Waals surface area contributed by atoms with Gasteiger partial charge in [-0.15, -0.1) is 0 Å². The number of carboxylic acids is 2. The summed E-state index contributed by atoms with van der Waals surface area (Å²) in [5.74, 6) is -4.20. The number of pyridine rings is 1. The second-order valence-electron chi connectivity index (χ2n) is 6.60. The fraction of sp³-hybridized carbons (Fsp3) is 0.294. The Labute approximate surface area is 150 Å². The van der Waals surface area contributed by atoms with Crippen molar-refractivity contribution in [3.8, 4) is 0 Å². The van der Waals surface area contributed by atoms with Crippen LogP contribution in [0.2, 0.25) is 0 Å². The minimum absolute atomic E-state index is 0.0116. The van der Waals surface area contributed by atoms with Crippen LogP contribution >= 0.6 is 0 Å². The zero-order chi connectivity index (χ0) is 19.5. The molecule has 0 bridgehead atoms. The first kappa shape index (κ1) is 17.0. The van der Waals surface area contributed by atoms with E-state index in [1.165, 1.54) is 6.20 Å². The zero-order valence-corrected chi connectivity index (χ0v) is 13.8. The third kappa shape index (κ3) is 2.69. The van der Waals surface area contributed by atoms with E-state index in [1.807, 2.05) is 0 Å². The van der Waals surface area contributed by atoms with Crippen molar-refractivity contribution in [1.29, 1.82) is 0 Å². The molecule has 27 heavy (non-hydrogen) atoms. The maximum Gasteiger partial charge on any atom is 0.341 e. The minimum Gasteiger partial charge on any atom is -0.481 e. The largest absolute Gasteiger partial charge is 0.481 e. The molecule has 1 atom stereocenters. The summed E-state index contributed by atoms with van der Waals surface area (Å²) in [4.78, 5) is 47.1. The number of amides is 1. The molecule has 1 aliphatic heterocycles. The normalized spacial score (nSPS) is 18.6. The van der Waals surface area contributed by atoms with Crippen molar-refractivity contribution in [2.45, 2.75) is 31.3 Å². The van der Waals surface area contributed by atoms with E-state index in [2.05, 4.69) is 10.6 Å². The number of aromatic carboxylic acids is 1. The van der Waals surface area contributed by atoms with Crippen LogP contribution in [0.5, 0.6) is 0 Å². The van der Waals surface area contributed by atoms with Gasteiger partial charge in [-0.3, -0.25) is 14.4 Å². The number of carbonyl (C=O) groups excluding carboxylic acids is 1. The van der Waals surface area contributed by atoms with Gasteiger partial charge in [0.05, 0.1) is 28.7 Å². The Balaban J connectivity index is 2.00. The summed E-state index contributed by atoms with van der Waals surface area (Å²) in [7, 11) is 0. The minimum atomic E-state index is -1.42. The van der Waals surface area contributed by atoms with Crippen LogP contribution in [0.1, 0.15) is 35.7 Å². The average Bonchev–Trinajstić information content (AvgIpc) is 3.41. The van der Waals surface area contributed by atoms with Crippen molar-refractivity contribution < 1.29 is 29.0 Å². The molecule has 1 unspecified atom stereocenters. The number of aliphatic carboxylic acids is 1. The van der Waals surface area contributed by atoms with Gasteiger partial charge in [0.1, 0.15) is 17.4 Å². The van der Waals surface area contributed by atoms with Crippen LogP contribution < -0.4 is 16.1 Å². The average molecular weight is 375 g/mol. The van der Waals surface area contributed by atoms with Crippen LogP contribution in [-0.2, 0) is 9.59 Å². The Morgan fingerprint density at radius 3 is 2.52 bits per heavy atom. The Bertz CT molecular complexity index is 1090. The smallest absolute Gasteiger partial charge is 0.341 e. The Morgan fingerprint density at radius 2 is 1.93 bits per heavy atom. The van der Waals surface area contributed by atoms with E-state index in [-0.39, 0.29) is 28.3 Å². The number of halogens is 1. The SMILES string of the molecule is O=C(O)CC1Nc2c(F)cc3c(=O)c(C(=O)O)cn(C4CC4)c3c2NC1=O. The molecule has 1 aromatic carbocycles. The van der Waals surface area contributed by atoms with Gasteiger partial charge in [-0.05, 0) is 18.9 Å². The molecule has 4 N–H and O–H groups in total. The molecule has 140 valence electrons. The number of nitrogens with one attached hydrogen (secondary N) is 2. The van der Waals surface area contributed by atoms with Crippen LogP contribution in [0.15, 0.2) is 17.1 Å². The Hall–Kier alpha value is -3.43. The van der Waals surface area contributed by atoms with E-state index in [1.54, 1.807) is 4.57 Å². The monoisotopic (exact) mass is 375 g/mol. The highest BCUT2D eigenvalue weighted by Crippen LogP contribution is 2.42. The molecule has 2 aliphatic rings. The summed E-state index contributed by atoms with van der Waals surface area (Å²) >= 11 is 0. The molecule has 1 fully saturated rings. The van der Waals surface area contributed by atoms with Crippen molar-refractivity contribution in [3.63, 3.8) is 0 Å². The first-order valence-electron chi connectivity index (χ1n) is 8.21. The van der Waals surface area contributed by atoms with Crippen LogP contribution in [0, 0.1) is 5.82 Å². The molecule has 1 aromatic heterocycles. The van der Waals surface area contributed by atoms with Gasteiger partial charge in [0.2, 0.25) is 11.3 Å². The van der Waals surface area contributed by atoms with E-state index in [9.17, 15) is 28.7 Å². The zero-order valence-electron chi connectivity index (χ0n) is 13.8. The number of rotatable bonds is 4. The number of carbonyl (C=O) groups is 3. The Morgan fingerprint density at radius 1 is 1.22 bits per heavy atom. The maximum atomic E-state index is 14.6. The highest BCUT2D eigenvalue weighted by molar-refractivity contribution is 6.12.